The summed E-state index contributed by atoms with van der Waals surface area (Å²) in [5, 5.41) is 3.13. The summed E-state index contributed by atoms with van der Waals surface area (Å²) in [4.78, 5) is 30.3. The molecule has 33 heavy (non-hydrogen) atoms. The number of carbonyl (C=O) groups excluding carboxylic acids is 2. The minimum atomic E-state index is 0.163. The van der Waals surface area contributed by atoms with Crippen molar-refractivity contribution in [3.8, 4) is 5.75 Å². The van der Waals surface area contributed by atoms with Gasteiger partial charge in [-0.3, -0.25) is 14.5 Å². The molecule has 0 unspecified atom stereocenters. The predicted molar refractivity (Wildman–Crippen MR) is 128 cm³/mol. The average molecular weight is 452 g/mol. The van der Waals surface area contributed by atoms with Crippen LogP contribution in [0.25, 0.3) is 0 Å². The quantitative estimate of drug-likeness (QED) is 0.712. The first kappa shape index (κ1) is 22.5. The molecule has 2 aliphatic carbocycles. The summed E-state index contributed by atoms with van der Waals surface area (Å²) in [6.07, 6.45) is 12.7. The van der Waals surface area contributed by atoms with E-state index in [1.807, 2.05) is 17.0 Å². The van der Waals surface area contributed by atoms with Crippen LogP contribution < -0.4 is 10.1 Å². The van der Waals surface area contributed by atoms with E-state index in [4.69, 9.17) is 4.74 Å². The molecule has 6 nitrogen and oxygen atoms in total. The largest absolute Gasteiger partial charge is 0.489 e. The standard InChI is InChI=1S/C27H37N3O3/c31-26(28-23-11-12-23)16-20-13-14-29-17-21(20)7-5-15-33-25-10-4-1-6-22(25)18-30(19-27(29)32)24-8-2-3-9-24/h1,4-7,10,20-21,23-24H,2-3,8-9,11-19H2,(H,28,31)/b7-5-/t20-,21-/m0/s1. The highest BCUT2D eigenvalue weighted by Crippen LogP contribution is 2.31. The molecule has 5 rings (SSSR count). The highest BCUT2D eigenvalue weighted by atomic mass is 16.5. The number of para-hydroxylation sites is 1. The van der Waals surface area contributed by atoms with Gasteiger partial charge in [0, 0.05) is 43.7 Å². The zero-order chi connectivity index (χ0) is 22.6. The lowest BCUT2D eigenvalue weighted by Gasteiger charge is -2.38. The molecule has 2 bridgehead atoms. The van der Waals surface area contributed by atoms with Crippen LogP contribution >= 0.6 is 0 Å². The van der Waals surface area contributed by atoms with Crippen LogP contribution in [0.15, 0.2) is 36.4 Å². The summed E-state index contributed by atoms with van der Waals surface area (Å²) in [5.74, 6) is 1.75. The molecule has 2 amide bonds. The maximum Gasteiger partial charge on any atom is 0.236 e. The Labute approximate surface area is 197 Å². The van der Waals surface area contributed by atoms with Gasteiger partial charge in [0.2, 0.25) is 11.8 Å². The molecular weight excluding hydrogens is 414 g/mol. The minimum Gasteiger partial charge on any atom is -0.489 e. The Morgan fingerprint density at radius 1 is 1.06 bits per heavy atom. The molecule has 0 aromatic heterocycles. The molecule has 0 spiro atoms. The molecule has 0 radical (unpaired) electrons. The second-order valence-corrected chi connectivity index (χ2v) is 10.3. The third-order valence-corrected chi connectivity index (χ3v) is 7.79. The van der Waals surface area contributed by atoms with Gasteiger partial charge in [-0.1, -0.05) is 43.2 Å². The van der Waals surface area contributed by atoms with Crippen molar-refractivity contribution in [3.05, 3.63) is 42.0 Å². The van der Waals surface area contributed by atoms with Crippen molar-refractivity contribution in [3.63, 3.8) is 0 Å². The van der Waals surface area contributed by atoms with Gasteiger partial charge < -0.3 is 15.0 Å². The highest BCUT2D eigenvalue weighted by Gasteiger charge is 2.34. The van der Waals surface area contributed by atoms with Crippen molar-refractivity contribution >= 4 is 11.8 Å². The van der Waals surface area contributed by atoms with Gasteiger partial charge in [-0.15, -0.1) is 0 Å². The van der Waals surface area contributed by atoms with Crippen molar-refractivity contribution in [1.82, 2.24) is 15.1 Å². The Morgan fingerprint density at radius 3 is 2.70 bits per heavy atom. The van der Waals surface area contributed by atoms with Crippen LogP contribution in [0.4, 0.5) is 0 Å². The summed E-state index contributed by atoms with van der Waals surface area (Å²) < 4.78 is 6.16. The molecule has 2 aliphatic heterocycles. The number of hydrogen-bond acceptors (Lipinski definition) is 4. The Hall–Kier alpha value is -2.34. The molecule has 1 aromatic carbocycles. The van der Waals surface area contributed by atoms with E-state index in [0.717, 1.165) is 43.7 Å². The topological polar surface area (TPSA) is 61.9 Å². The third-order valence-electron chi connectivity index (χ3n) is 7.79. The fourth-order valence-corrected chi connectivity index (χ4v) is 5.70. The fraction of sp³-hybridized carbons (Fsp3) is 0.630. The number of ether oxygens (including phenoxy) is 1. The number of piperidine rings is 1. The normalized spacial score (nSPS) is 28.1. The first-order valence-electron chi connectivity index (χ1n) is 12.8. The van der Waals surface area contributed by atoms with E-state index in [2.05, 4.69) is 34.5 Å². The van der Waals surface area contributed by atoms with E-state index < -0.39 is 0 Å². The van der Waals surface area contributed by atoms with E-state index in [0.29, 0.717) is 38.2 Å². The van der Waals surface area contributed by atoms with Crippen LogP contribution in [0.5, 0.6) is 5.75 Å². The summed E-state index contributed by atoms with van der Waals surface area (Å²) in [5.41, 5.74) is 1.15. The lowest BCUT2D eigenvalue weighted by Crippen LogP contribution is -2.49. The number of hydrogen-bond donors (Lipinski definition) is 1. The SMILES string of the molecule is O=C(C[C@@H]1CCN2C[C@@H]1/C=C\COc1ccccc1CN(C1CCCC1)CC2=O)NC1CC1. The lowest BCUT2D eigenvalue weighted by molar-refractivity contribution is -0.135. The van der Waals surface area contributed by atoms with Crippen LogP contribution in [-0.4, -0.2) is 59.9 Å². The van der Waals surface area contributed by atoms with Gasteiger partial charge in [-0.25, -0.2) is 0 Å². The first-order valence-corrected chi connectivity index (χ1v) is 12.8. The van der Waals surface area contributed by atoms with E-state index >= 15 is 0 Å². The second-order valence-electron chi connectivity index (χ2n) is 10.3. The van der Waals surface area contributed by atoms with E-state index in [1.54, 1.807) is 0 Å². The van der Waals surface area contributed by atoms with Crippen molar-refractivity contribution < 1.29 is 14.3 Å². The van der Waals surface area contributed by atoms with E-state index in [1.165, 1.54) is 25.7 Å². The number of nitrogens with one attached hydrogen (secondary N) is 1. The van der Waals surface area contributed by atoms with E-state index in [-0.39, 0.29) is 23.7 Å². The van der Waals surface area contributed by atoms with Crippen molar-refractivity contribution in [1.29, 1.82) is 0 Å². The Bertz CT molecular complexity index is 875. The molecule has 3 fully saturated rings. The summed E-state index contributed by atoms with van der Waals surface area (Å²) in [6.45, 7) is 3.16. The number of carbonyl (C=O) groups is 2. The van der Waals surface area contributed by atoms with Gasteiger partial charge in [0.25, 0.3) is 0 Å². The Kier molecular flexibility index (Phi) is 7.00. The molecule has 1 aromatic rings. The average Bonchev–Trinajstić information content (AvgIpc) is 3.44. The first-order chi connectivity index (χ1) is 16.2. The number of amides is 2. The van der Waals surface area contributed by atoms with Gasteiger partial charge >= 0.3 is 0 Å². The highest BCUT2D eigenvalue weighted by molar-refractivity contribution is 5.79. The predicted octanol–water partition coefficient (Wildman–Crippen LogP) is 3.51. The van der Waals surface area contributed by atoms with Crippen LogP contribution in [0.1, 0.15) is 56.9 Å². The monoisotopic (exact) mass is 451 g/mol. The van der Waals surface area contributed by atoms with Crippen molar-refractivity contribution in [2.75, 3.05) is 26.2 Å². The van der Waals surface area contributed by atoms with Crippen LogP contribution in [0.3, 0.4) is 0 Å². The van der Waals surface area contributed by atoms with Crippen LogP contribution in [-0.2, 0) is 16.1 Å². The van der Waals surface area contributed by atoms with E-state index in [9.17, 15) is 9.59 Å². The number of nitrogens with zero attached hydrogens (tertiary/aromatic N) is 2. The molecule has 6 heteroatoms. The molecule has 2 heterocycles. The smallest absolute Gasteiger partial charge is 0.236 e. The summed E-state index contributed by atoms with van der Waals surface area (Å²) >= 11 is 0. The number of fused-ring (bicyclic) bond motifs is 3. The van der Waals surface area contributed by atoms with Gasteiger partial charge in [0.15, 0.2) is 0 Å². The summed E-state index contributed by atoms with van der Waals surface area (Å²) in [6, 6.07) is 9.08. The maximum absolute atomic E-state index is 13.4. The fourth-order valence-electron chi connectivity index (χ4n) is 5.70. The van der Waals surface area contributed by atoms with Gasteiger partial charge in [0.1, 0.15) is 12.4 Å². The number of rotatable bonds is 4. The van der Waals surface area contributed by atoms with Crippen LogP contribution in [0, 0.1) is 11.8 Å². The molecule has 2 atom stereocenters. The van der Waals surface area contributed by atoms with Gasteiger partial charge in [0.05, 0.1) is 6.54 Å². The van der Waals surface area contributed by atoms with Crippen LogP contribution in [0.2, 0.25) is 0 Å². The molecule has 2 saturated carbocycles. The zero-order valence-electron chi connectivity index (χ0n) is 19.6. The molecule has 4 aliphatic rings. The minimum absolute atomic E-state index is 0.163. The zero-order valence-corrected chi connectivity index (χ0v) is 19.6. The third kappa shape index (κ3) is 5.78. The lowest BCUT2D eigenvalue weighted by atomic mass is 9.82. The van der Waals surface area contributed by atoms with Crippen molar-refractivity contribution in [2.45, 2.75) is 70.0 Å². The summed E-state index contributed by atoms with van der Waals surface area (Å²) in [7, 11) is 0. The van der Waals surface area contributed by atoms with Gasteiger partial charge in [-0.2, -0.15) is 0 Å². The molecule has 1 N–H and O–H groups in total. The Morgan fingerprint density at radius 2 is 1.88 bits per heavy atom. The van der Waals surface area contributed by atoms with Crippen molar-refractivity contribution in [2.24, 2.45) is 11.8 Å². The van der Waals surface area contributed by atoms with Gasteiger partial charge in [-0.05, 0) is 50.0 Å². The number of benzene rings is 1. The molecular formula is C27H37N3O3. The molecule has 1 saturated heterocycles. The Balaban J connectivity index is 1.35. The molecule has 178 valence electrons. The maximum atomic E-state index is 13.4. The second kappa shape index (κ2) is 10.3.